The average Bonchev–Trinajstić information content (AvgIpc) is 3.41. The standard InChI is InChI=1S/C69H128O6/c1-4-7-10-13-16-19-22-25-28-31-33-34-36-38-41-44-47-50-53-56-59-62-68(71)74-65-66(64-73-67(70)61-58-55-52-49-46-43-40-37-30-27-24-21-18-15-12-9-6-3)75-69(72)63-60-57-54-51-48-45-42-39-35-32-29-26-23-20-17-14-11-8-5-2/h17,20,26,29,35,39,66H,4-16,18-19,21-25,27-28,30-34,36-38,40-65H2,1-3H3/b20-17-,29-26-,39-35-. The molecule has 0 aliphatic heterocycles. The van der Waals surface area contributed by atoms with Crippen molar-refractivity contribution in [3.8, 4) is 0 Å². The number of carbonyl (C=O) groups excluding carboxylic acids is 3. The van der Waals surface area contributed by atoms with Crippen molar-refractivity contribution in [2.75, 3.05) is 13.2 Å². The van der Waals surface area contributed by atoms with E-state index in [0.717, 1.165) is 77.0 Å². The Morgan fingerprint density at radius 1 is 0.267 bits per heavy atom. The number of hydrogen-bond acceptors (Lipinski definition) is 6. The van der Waals surface area contributed by atoms with Crippen LogP contribution in [-0.2, 0) is 28.6 Å². The highest BCUT2D eigenvalue weighted by atomic mass is 16.6. The second kappa shape index (κ2) is 64.2. The lowest BCUT2D eigenvalue weighted by Gasteiger charge is -2.18. The molecule has 0 aromatic carbocycles. The van der Waals surface area contributed by atoms with Gasteiger partial charge in [-0.05, 0) is 57.8 Å². The Bertz CT molecular complexity index is 1250. The minimum Gasteiger partial charge on any atom is -0.462 e. The van der Waals surface area contributed by atoms with Crippen molar-refractivity contribution in [2.24, 2.45) is 0 Å². The topological polar surface area (TPSA) is 78.9 Å². The van der Waals surface area contributed by atoms with Crippen LogP contribution in [0.1, 0.15) is 367 Å². The molecule has 440 valence electrons. The fraction of sp³-hybridized carbons (Fsp3) is 0.870. The Hall–Kier alpha value is -2.37. The molecule has 1 atom stereocenters. The Morgan fingerprint density at radius 2 is 0.480 bits per heavy atom. The molecule has 0 aliphatic carbocycles. The molecule has 0 amide bonds. The lowest BCUT2D eigenvalue weighted by Crippen LogP contribution is -2.30. The summed E-state index contributed by atoms with van der Waals surface area (Å²) in [5.41, 5.74) is 0. The highest BCUT2D eigenvalue weighted by Crippen LogP contribution is 2.18. The van der Waals surface area contributed by atoms with Crippen molar-refractivity contribution >= 4 is 17.9 Å². The number of rotatable bonds is 62. The Labute approximate surface area is 467 Å². The zero-order valence-electron chi connectivity index (χ0n) is 50.6. The highest BCUT2D eigenvalue weighted by molar-refractivity contribution is 5.71. The second-order valence-electron chi connectivity index (χ2n) is 22.7. The number of allylic oxidation sites excluding steroid dienone is 6. The van der Waals surface area contributed by atoms with E-state index < -0.39 is 6.10 Å². The Morgan fingerprint density at radius 3 is 0.773 bits per heavy atom. The van der Waals surface area contributed by atoms with Crippen LogP contribution in [0.25, 0.3) is 0 Å². The van der Waals surface area contributed by atoms with Crippen molar-refractivity contribution < 1.29 is 28.6 Å². The lowest BCUT2D eigenvalue weighted by atomic mass is 10.0. The first kappa shape index (κ1) is 72.6. The van der Waals surface area contributed by atoms with Gasteiger partial charge < -0.3 is 14.2 Å². The molecule has 0 heterocycles. The van der Waals surface area contributed by atoms with Crippen molar-refractivity contribution in [1.82, 2.24) is 0 Å². The van der Waals surface area contributed by atoms with Crippen LogP contribution < -0.4 is 0 Å². The molecule has 1 unspecified atom stereocenters. The Balaban J connectivity index is 4.33. The van der Waals surface area contributed by atoms with Gasteiger partial charge >= 0.3 is 17.9 Å². The monoisotopic (exact) mass is 1050 g/mol. The van der Waals surface area contributed by atoms with Gasteiger partial charge in [0.15, 0.2) is 6.10 Å². The van der Waals surface area contributed by atoms with Crippen LogP contribution in [0.15, 0.2) is 36.5 Å². The Kier molecular flexibility index (Phi) is 62.1. The molecule has 0 spiro atoms. The van der Waals surface area contributed by atoms with Crippen LogP contribution in [0.4, 0.5) is 0 Å². The van der Waals surface area contributed by atoms with E-state index in [1.807, 2.05) is 0 Å². The summed E-state index contributed by atoms with van der Waals surface area (Å²) in [6, 6.07) is 0. The largest absolute Gasteiger partial charge is 0.462 e. The third-order valence-electron chi connectivity index (χ3n) is 15.1. The smallest absolute Gasteiger partial charge is 0.306 e. The third-order valence-corrected chi connectivity index (χ3v) is 15.1. The average molecular weight is 1050 g/mol. The summed E-state index contributed by atoms with van der Waals surface area (Å²) in [5.74, 6) is -0.856. The van der Waals surface area contributed by atoms with E-state index >= 15 is 0 Å². The van der Waals surface area contributed by atoms with Crippen molar-refractivity contribution in [1.29, 1.82) is 0 Å². The zero-order chi connectivity index (χ0) is 54.3. The first-order valence-corrected chi connectivity index (χ1v) is 33.5. The summed E-state index contributed by atoms with van der Waals surface area (Å²) in [7, 11) is 0. The van der Waals surface area contributed by atoms with Gasteiger partial charge in [-0.3, -0.25) is 14.4 Å². The molecule has 0 N–H and O–H groups in total. The normalized spacial score (nSPS) is 12.2. The minimum atomic E-state index is -0.777. The van der Waals surface area contributed by atoms with E-state index in [1.54, 1.807) is 0 Å². The van der Waals surface area contributed by atoms with E-state index in [-0.39, 0.29) is 31.1 Å². The van der Waals surface area contributed by atoms with Gasteiger partial charge in [0.1, 0.15) is 13.2 Å². The van der Waals surface area contributed by atoms with Gasteiger partial charge in [0.2, 0.25) is 0 Å². The summed E-state index contributed by atoms with van der Waals surface area (Å²) in [6.45, 7) is 6.68. The van der Waals surface area contributed by atoms with Gasteiger partial charge in [-0.2, -0.15) is 0 Å². The third kappa shape index (κ3) is 62.4. The maximum Gasteiger partial charge on any atom is 0.306 e. The lowest BCUT2D eigenvalue weighted by molar-refractivity contribution is -0.167. The van der Waals surface area contributed by atoms with E-state index in [1.165, 1.54) is 250 Å². The predicted molar refractivity (Wildman–Crippen MR) is 326 cm³/mol. The molecule has 0 aromatic heterocycles. The van der Waals surface area contributed by atoms with Gasteiger partial charge in [0.05, 0.1) is 0 Å². The number of unbranched alkanes of at least 4 members (excludes halogenated alkanes) is 45. The van der Waals surface area contributed by atoms with Crippen LogP contribution in [-0.4, -0.2) is 37.2 Å². The SMILES string of the molecule is CCCCC/C=C\C/C=C\C/C=C\CCCCCCCCC(=O)OC(COC(=O)CCCCCCCCCCCCCCCCCCC)COC(=O)CCCCCCCCCCCCCCCCCCCCCCC. The molecular weight excluding hydrogens is 925 g/mol. The molecular formula is C69H128O6. The summed E-state index contributed by atoms with van der Waals surface area (Å²) >= 11 is 0. The van der Waals surface area contributed by atoms with Crippen molar-refractivity contribution in [3.05, 3.63) is 36.5 Å². The van der Waals surface area contributed by atoms with Crippen LogP contribution >= 0.6 is 0 Å². The number of ether oxygens (including phenoxy) is 3. The second-order valence-corrected chi connectivity index (χ2v) is 22.7. The van der Waals surface area contributed by atoms with Crippen molar-refractivity contribution in [2.45, 2.75) is 374 Å². The number of carbonyl (C=O) groups is 3. The molecule has 0 radical (unpaired) electrons. The van der Waals surface area contributed by atoms with Crippen LogP contribution in [0.5, 0.6) is 0 Å². The van der Waals surface area contributed by atoms with Crippen LogP contribution in [0.2, 0.25) is 0 Å². The van der Waals surface area contributed by atoms with Gasteiger partial charge in [0, 0.05) is 19.3 Å². The van der Waals surface area contributed by atoms with E-state index in [2.05, 4.69) is 57.2 Å². The number of esters is 3. The fourth-order valence-electron chi connectivity index (χ4n) is 10.1. The van der Waals surface area contributed by atoms with Crippen LogP contribution in [0, 0.1) is 0 Å². The van der Waals surface area contributed by atoms with E-state index in [4.69, 9.17) is 14.2 Å². The van der Waals surface area contributed by atoms with Gasteiger partial charge in [-0.1, -0.05) is 327 Å². The van der Waals surface area contributed by atoms with Crippen LogP contribution in [0.3, 0.4) is 0 Å². The molecule has 75 heavy (non-hydrogen) atoms. The summed E-state index contributed by atoms with van der Waals surface area (Å²) in [5, 5.41) is 0. The van der Waals surface area contributed by atoms with Gasteiger partial charge in [-0.15, -0.1) is 0 Å². The summed E-state index contributed by atoms with van der Waals surface area (Å²) < 4.78 is 17.0. The molecule has 6 heteroatoms. The first-order chi connectivity index (χ1) is 37.0. The molecule has 0 fully saturated rings. The molecule has 6 nitrogen and oxygen atoms in total. The predicted octanol–water partition coefficient (Wildman–Crippen LogP) is 22.8. The zero-order valence-corrected chi connectivity index (χ0v) is 50.6. The maximum atomic E-state index is 12.9. The fourth-order valence-corrected chi connectivity index (χ4v) is 10.1. The molecule has 0 aromatic rings. The van der Waals surface area contributed by atoms with E-state index in [0.29, 0.717) is 19.3 Å². The molecule has 0 saturated heterocycles. The van der Waals surface area contributed by atoms with E-state index in [9.17, 15) is 14.4 Å². The maximum absolute atomic E-state index is 12.9. The summed E-state index contributed by atoms with van der Waals surface area (Å²) in [6.07, 6.45) is 78.7. The van der Waals surface area contributed by atoms with Gasteiger partial charge in [0.25, 0.3) is 0 Å². The quantitative estimate of drug-likeness (QED) is 0.0261. The number of hydrogen-bond donors (Lipinski definition) is 0. The van der Waals surface area contributed by atoms with Gasteiger partial charge in [-0.25, -0.2) is 0 Å². The minimum absolute atomic E-state index is 0.0719. The first-order valence-electron chi connectivity index (χ1n) is 33.5. The van der Waals surface area contributed by atoms with Crippen molar-refractivity contribution in [3.63, 3.8) is 0 Å². The molecule has 0 rings (SSSR count). The highest BCUT2D eigenvalue weighted by Gasteiger charge is 2.19. The molecule has 0 bridgehead atoms. The molecule has 0 aliphatic rings. The summed E-state index contributed by atoms with van der Waals surface area (Å²) in [4.78, 5) is 38.4. The molecule has 0 saturated carbocycles.